The molecule has 2 aromatic carbocycles. The summed E-state index contributed by atoms with van der Waals surface area (Å²) in [5.74, 6) is -0.782. The van der Waals surface area contributed by atoms with Gasteiger partial charge < -0.3 is 47.9 Å². The van der Waals surface area contributed by atoms with E-state index in [2.05, 4.69) is 12.2 Å². The zero-order chi connectivity index (χ0) is 43.9. The smallest absolute Gasteiger partial charge is 0.416 e. The van der Waals surface area contributed by atoms with E-state index in [0.29, 0.717) is 98.0 Å². The second-order valence-electron chi connectivity index (χ2n) is 14.4. The van der Waals surface area contributed by atoms with Crippen molar-refractivity contribution in [2.45, 2.75) is 103 Å². The summed E-state index contributed by atoms with van der Waals surface area (Å²) in [5.41, 5.74) is -0.0940. The van der Waals surface area contributed by atoms with Gasteiger partial charge in [0.15, 0.2) is 0 Å². The molecule has 2 aromatic rings. The fourth-order valence-corrected chi connectivity index (χ4v) is 5.97. The number of rotatable bonds is 41. The minimum Gasteiger partial charge on any atom is -0.463 e. The van der Waals surface area contributed by atoms with Gasteiger partial charge in [0.2, 0.25) is 0 Å². The van der Waals surface area contributed by atoms with Crippen LogP contribution in [0.25, 0.3) is 0 Å². The highest BCUT2D eigenvalue weighted by atomic mass is 19.4. The fraction of sp³-hybridized carbons (Fsp3) is 0.696. The molecule has 348 valence electrons. The van der Waals surface area contributed by atoms with Gasteiger partial charge >= 0.3 is 18.1 Å². The second-order valence-corrected chi connectivity index (χ2v) is 14.4. The Hall–Kier alpha value is -3.31. The molecule has 12 nitrogen and oxygen atoms in total. The Labute approximate surface area is 361 Å². The number of unbranched alkanes of at least 4 members (excludes halogenated alkanes) is 12. The number of anilines is 2. The van der Waals surface area contributed by atoms with Crippen LogP contribution >= 0.6 is 0 Å². The van der Waals surface area contributed by atoms with Gasteiger partial charge in [-0.2, -0.15) is 13.2 Å². The third-order valence-electron chi connectivity index (χ3n) is 9.28. The van der Waals surface area contributed by atoms with Gasteiger partial charge in [-0.1, -0.05) is 102 Å². The summed E-state index contributed by atoms with van der Waals surface area (Å²) in [6.07, 6.45) is 12.6. The molecule has 0 saturated heterocycles. The molecular formula is C46H72F3NO11. The van der Waals surface area contributed by atoms with E-state index in [4.69, 9.17) is 42.6 Å². The zero-order valence-electron chi connectivity index (χ0n) is 36.5. The summed E-state index contributed by atoms with van der Waals surface area (Å²) in [7, 11) is 0. The summed E-state index contributed by atoms with van der Waals surface area (Å²) in [6, 6.07) is 11.1. The molecular weight excluding hydrogens is 799 g/mol. The number of carbonyl (C=O) groups is 2. The van der Waals surface area contributed by atoms with Crippen LogP contribution in [-0.4, -0.2) is 118 Å². The highest BCUT2D eigenvalue weighted by Crippen LogP contribution is 2.32. The first-order valence-corrected chi connectivity index (χ1v) is 22.2. The van der Waals surface area contributed by atoms with E-state index in [1.807, 2.05) is 0 Å². The van der Waals surface area contributed by atoms with Crippen LogP contribution in [0.2, 0.25) is 0 Å². The van der Waals surface area contributed by atoms with Crippen molar-refractivity contribution in [2.75, 3.05) is 111 Å². The third-order valence-corrected chi connectivity index (χ3v) is 9.28. The largest absolute Gasteiger partial charge is 0.463 e. The molecule has 0 heterocycles. The number of hydrogen-bond acceptors (Lipinski definition) is 12. The van der Waals surface area contributed by atoms with Crippen molar-refractivity contribution in [3.8, 4) is 0 Å². The lowest BCUT2D eigenvalue weighted by Gasteiger charge is -2.13. The number of ether oxygens (including phenoxy) is 9. The molecule has 61 heavy (non-hydrogen) atoms. The van der Waals surface area contributed by atoms with E-state index in [1.54, 1.807) is 18.2 Å². The molecule has 2 rings (SSSR count). The molecule has 15 heteroatoms. The maximum Gasteiger partial charge on any atom is 0.416 e. The quantitative estimate of drug-likeness (QED) is 0.0505. The van der Waals surface area contributed by atoms with Gasteiger partial charge in [0.05, 0.1) is 109 Å². The number of carbonyl (C=O) groups excluding carboxylic acids is 2. The number of halogens is 3. The predicted octanol–water partition coefficient (Wildman–Crippen LogP) is 9.75. The maximum atomic E-state index is 13.1. The first kappa shape index (κ1) is 53.8. The summed E-state index contributed by atoms with van der Waals surface area (Å²) >= 11 is 0. The second kappa shape index (κ2) is 37.3. The summed E-state index contributed by atoms with van der Waals surface area (Å²) < 4.78 is 88.0. The minimum atomic E-state index is -4.48. The van der Waals surface area contributed by atoms with E-state index in [-0.39, 0.29) is 37.0 Å². The molecule has 0 radical (unpaired) electrons. The number of nitrogens with one attached hydrogen (secondary N) is 1. The van der Waals surface area contributed by atoms with Gasteiger partial charge in [-0.3, -0.25) is 4.79 Å². The van der Waals surface area contributed by atoms with Crippen molar-refractivity contribution in [1.82, 2.24) is 0 Å². The fourth-order valence-electron chi connectivity index (χ4n) is 5.97. The van der Waals surface area contributed by atoms with Gasteiger partial charge in [0.25, 0.3) is 0 Å². The van der Waals surface area contributed by atoms with Crippen LogP contribution in [0, 0.1) is 0 Å². The topological polar surface area (TPSA) is 129 Å². The van der Waals surface area contributed by atoms with Crippen LogP contribution in [0.15, 0.2) is 48.5 Å². The van der Waals surface area contributed by atoms with E-state index in [0.717, 1.165) is 25.0 Å². The highest BCUT2D eigenvalue weighted by molar-refractivity contribution is 5.96. The average Bonchev–Trinajstić information content (AvgIpc) is 3.25. The lowest BCUT2D eigenvalue weighted by Crippen LogP contribution is -2.16. The normalized spacial score (nSPS) is 11.5. The van der Waals surface area contributed by atoms with Gasteiger partial charge in [0, 0.05) is 12.1 Å². The lowest BCUT2D eigenvalue weighted by molar-refractivity contribution is -0.145. The van der Waals surface area contributed by atoms with Crippen molar-refractivity contribution in [1.29, 1.82) is 0 Å². The van der Waals surface area contributed by atoms with Crippen LogP contribution in [0.4, 0.5) is 24.5 Å². The van der Waals surface area contributed by atoms with Gasteiger partial charge in [-0.05, 0) is 36.8 Å². The van der Waals surface area contributed by atoms with E-state index < -0.39 is 17.7 Å². The molecule has 0 bridgehead atoms. The number of hydrogen-bond donors (Lipinski definition) is 1. The molecule has 0 aliphatic rings. The Bertz CT molecular complexity index is 1370. The average molecular weight is 872 g/mol. The number of alkyl halides is 3. The first-order chi connectivity index (χ1) is 29.8. The molecule has 0 atom stereocenters. The molecule has 0 unspecified atom stereocenters. The van der Waals surface area contributed by atoms with Crippen LogP contribution in [0.1, 0.15) is 113 Å². The number of benzene rings is 2. The molecule has 0 fully saturated rings. The van der Waals surface area contributed by atoms with Crippen LogP contribution in [0.3, 0.4) is 0 Å². The van der Waals surface area contributed by atoms with Gasteiger partial charge in [0.1, 0.15) is 13.2 Å². The zero-order valence-corrected chi connectivity index (χ0v) is 36.5. The number of esters is 2. The molecule has 0 spiro atoms. The Morgan fingerprint density at radius 3 is 1.36 bits per heavy atom. The van der Waals surface area contributed by atoms with Crippen molar-refractivity contribution >= 4 is 23.3 Å². The summed E-state index contributed by atoms with van der Waals surface area (Å²) in [6.45, 7) is 7.94. The standard InChI is InChI=1S/C46H72F3NO11/c1-2-3-4-5-6-7-8-9-10-11-12-13-14-22-44(51)60-37-35-58-33-31-56-29-27-54-25-23-53-24-26-55-28-30-57-32-34-59-36-38-61-45(52)42-20-15-16-21-43(42)50-41-19-17-18-40(39-41)46(47,48)49/h15-21,39,50H,2-14,22-38H2,1H3. The molecule has 0 aromatic heterocycles. The van der Waals surface area contributed by atoms with Crippen LogP contribution in [-0.2, 0) is 53.6 Å². The Balaban J connectivity index is 1.26. The predicted molar refractivity (Wildman–Crippen MR) is 228 cm³/mol. The molecule has 1 N–H and O–H groups in total. The molecule has 0 amide bonds. The highest BCUT2D eigenvalue weighted by Gasteiger charge is 2.30. The SMILES string of the molecule is CCCCCCCCCCCCCCCC(=O)OCCOCCOCCOCCOCCOCCOCCOCCOC(=O)c1ccccc1Nc1cccc(C(F)(F)F)c1. The summed E-state index contributed by atoms with van der Waals surface area (Å²) in [4.78, 5) is 24.5. The molecule has 0 aliphatic heterocycles. The minimum absolute atomic E-state index is 0.00417. The van der Waals surface area contributed by atoms with Crippen LogP contribution in [0.5, 0.6) is 0 Å². The van der Waals surface area contributed by atoms with E-state index in [1.165, 1.54) is 88.8 Å². The van der Waals surface area contributed by atoms with Crippen molar-refractivity contribution in [3.63, 3.8) is 0 Å². The van der Waals surface area contributed by atoms with E-state index in [9.17, 15) is 22.8 Å². The van der Waals surface area contributed by atoms with Gasteiger partial charge in [-0.15, -0.1) is 0 Å². The first-order valence-electron chi connectivity index (χ1n) is 22.2. The van der Waals surface area contributed by atoms with Crippen molar-refractivity contribution in [3.05, 3.63) is 59.7 Å². The monoisotopic (exact) mass is 872 g/mol. The van der Waals surface area contributed by atoms with Crippen LogP contribution < -0.4 is 5.32 Å². The molecule has 0 saturated carbocycles. The maximum absolute atomic E-state index is 13.1. The van der Waals surface area contributed by atoms with E-state index >= 15 is 0 Å². The molecule has 0 aliphatic carbocycles. The lowest BCUT2D eigenvalue weighted by atomic mass is 10.0. The van der Waals surface area contributed by atoms with Crippen molar-refractivity contribution in [2.24, 2.45) is 0 Å². The number of para-hydroxylation sites is 1. The Kier molecular flexibility index (Phi) is 32.9. The van der Waals surface area contributed by atoms with Crippen molar-refractivity contribution < 1.29 is 65.4 Å². The summed E-state index contributed by atoms with van der Waals surface area (Å²) in [5, 5.41) is 2.86. The van der Waals surface area contributed by atoms with Gasteiger partial charge in [-0.25, -0.2) is 4.79 Å². The third kappa shape index (κ3) is 30.4. The Morgan fingerprint density at radius 1 is 0.492 bits per heavy atom. The Morgan fingerprint density at radius 2 is 0.902 bits per heavy atom.